The minimum absolute atomic E-state index is 0.164. The van der Waals surface area contributed by atoms with E-state index in [4.69, 9.17) is 4.74 Å². The van der Waals surface area contributed by atoms with Crippen molar-refractivity contribution in [2.24, 2.45) is 0 Å². The average Bonchev–Trinajstić information content (AvgIpc) is 2.48. The fourth-order valence-corrected chi connectivity index (χ4v) is 2.58. The van der Waals surface area contributed by atoms with Crippen molar-refractivity contribution in [2.75, 3.05) is 12.4 Å². The zero-order chi connectivity index (χ0) is 15.4. The van der Waals surface area contributed by atoms with Crippen LogP contribution in [0.1, 0.15) is 28.4 Å². The summed E-state index contributed by atoms with van der Waals surface area (Å²) < 4.78 is 6.16. The first-order valence-electron chi connectivity index (χ1n) is 6.80. The molecule has 2 aromatic rings. The number of ether oxygens (including phenoxy) is 1. The molecular formula is C17H18BrNO2. The quantitative estimate of drug-likeness (QED) is 0.878. The van der Waals surface area contributed by atoms with Gasteiger partial charge in [0.2, 0.25) is 0 Å². The Morgan fingerprint density at radius 2 is 2.05 bits per heavy atom. The number of benzene rings is 2. The van der Waals surface area contributed by atoms with E-state index in [2.05, 4.69) is 28.2 Å². The summed E-state index contributed by atoms with van der Waals surface area (Å²) >= 11 is 3.38. The van der Waals surface area contributed by atoms with Crippen LogP contribution in [0.2, 0.25) is 0 Å². The molecule has 2 rings (SSSR count). The SMILES string of the molecule is CCc1cccc(C)c1NC(=O)c1ccc(Br)cc1OC. The highest BCUT2D eigenvalue weighted by Gasteiger charge is 2.15. The Bertz CT molecular complexity index is 668. The maximum Gasteiger partial charge on any atom is 0.259 e. The molecule has 0 aromatic heterocycles. The van der Waals surface area contributed by atoms with Crippen molar-refractivity contribution < 1.29 is 9.53 Å². The van der Waals surface area contributed by atoms with Crippen molar-refractivity contribution in [3.63, 3.8) is 0 Å². The van der Waals surface area contributed by atoms with Gasteiger partial charge in [-0.15, -0.1) is 0 Å². The van der Waals surface area contributed by atoms with Crippen LogP contribution in [-0.4, -0.2) is 13.0 Å². The largest absolute Gasteiger partial charge is 0.496 e. The molecular weight excluding hydrogens is 330 g/mol. The highest BCUT2D eigenvalue weighted by molar-refractivity contribution is 9.10. The van der Waals surface area contributed by atoms with E-state index in [1.54, 1.807) is 19.2 Å². The highest BCUT2D eigenvalue weighted by atomic mass is 79.9. The first-order chi connectivity index (χ1) is 10.1. The Morgan fingerprint density at radius 1 is 1.29 bits per heavy atom. The van der Waals surface area contributed by atoms with E-state index < -0.39 is 0 Å². The summed E-state index contributed by atoms with van der Waals surface area (Å²) in [4.78, 5) is 12.5. The number of anilines is 1. The van der Waals surface area contributed by atoms with Crippen molar-refractivity contribution in [3.05, 3.63) is 57.6 Å². The van der Waals surface area contributed by atoms with Crippen molar-refractivity contribution in [1.29, 1.82) is 0 Å². The van der Waals surface area contributed by atoms with Crippen LogP contribution in [0.5, 0.6) is 5.75 Å². The van der Waals surface area contributed by atoms with Crippen molar-refractivity contribution in [1.82, 2.24) is 0 Å². The number of methoxy groups -OCH3 is 1. The maximum absolute atomic E-state index is 12.5. The summed E-state index contributed by atoms with van der Waals surface area (Å²) in [5, 5.41) is 3.01. The fourth-order valence-electron chi connectivity index (χ4n) is 2.24. The summed E-state index contributed by atoms with van der Waals surface area (Å²) in [6.45, 7) is 4.07. The molecule has 0 atom stereocenters. The second kappa shape index (κ2) is 6.76. The molecule has 1 N–H and O–H groups in total. The Kier molecular flexibility index (Phi) is 5.02. The van der Waals surface area contributed by atoms with Crippen molar-refractivity contribution in [2.45, 2.75) is 20.3 Å². The molecule has 0 saturated carbocycles. The Balaban J connectivity index is 2.35. The lowest BCUT2D eigenvalue weighted by Crippen LogP contribution is -2.15. The predicted molar refractivity (Wildman–Crippen MR) is 89.2 cm³/mol. The topological polar surface area (TPSA) is 38.3 Å². The van der Waals surface area contributed by atoms with Gasteiger partial charge in [-0.25, -0.2) is 0 Å². The Hall–Kier alpha value is -1.81. The van der Waals surface area contributed by atoms with Crippen LogP contribution in [0, 0.1) is 6.92 Å². The summed E-state index contributed by atoms with van der Waals surface area (Å²) in [6, 6.07) is 11.4. The first-order valence-corrected chi connectivity index (χ1v) is 7.59. The number of halogens is 1. The standard InChI is InChI=1S/C17H18BrNO2/c1-4-12-7-5-6-11(2)16(12)19-17(20)14-9-8-13(18)10-15(14)21-3/h5-10H,4H2,1-3H3,(H,19,20). The second-order valence-electron chi connectivity index (χ2n) is 4.76. The van der Waals surface area contributed by atoms with Crippen LogP contribution < -0.4 is 10.1 Å². The van der Waals surface area contributed by atoms with E-state index in [0.717, 1.165) is 27.7 Å². The predicted octanol–water partition coefficient (Wildman–Crippen LogP) is 4.58. The normalized spacial score (nSPS) is 10.3. The number of para-hydroxylation sites is 1. The van der Waals surface area contributed by atoms with Crippen LogP contribution in [0.25, 0.3) is 0 Å². The van der Waals surface area contributed by atoms with E-state index in [1.807, 2.05) is 31.2 Å². The van der Waals surface area contributed by atoms with Gasteiger partial charge in [0.05, 0.1) is 12.7 Å². The number of carbonyl (C=O) groups is 1. The van der Waals surface area contributed by atoms with E-state index in [1.165, 1.54) is 0 Å². The molecule has 0 heterocycles. The lowest BCUT2D eigenvalue weighted by Gasteiger charge is -2.14. The van der Waals surface area contributed by atoms with E-state index in [9.17, 15) is 4.79 Å². The molecule has 0 fully saturated rings. The third kappa shape index (κ3) is 3.45. The number of amides is 1. The molecule has 2 aromatic carbocycles. The molecule has 0 radical (unpaired) electrons. The van der Waals surface area contributed by atoms with Crippen molar-refractivity contribution in [3.8, 4) is 5.75 Å². The molecule has 4 heteroatoms. The molecule has 21 heavy (non-hydrogen) atoms. The molecule has 0 bridgehead atoms. The van der Waals surface area contributed by atoms with Crippen LogP contribution in [0.4, 0.5) is 5.69 Å². The summed E-state index contributed by atoms with van der Waals surface area (Å²) in [6.07, 6.45) is 0.870. The van der Waals surface area contributed by atoms with Crippen LogP contribution in [-0.2, 0) is 6.42 Å². The zero-order valence-corrected chi connectivity index (χ0v) is 14.0. The molecule has 0 saturated heterocycles. The third-order valence-corrected chi connectivity index (χ3v) is 3.88. The number of hydrogen-bond donors (Lipinski definition) is 1. The van der Waals surface area contributed by atoms with E-state index in [-0.39, 0.29) is 5.91 Å². The van der Waals surface area contributed by atoms with E-state index >= 15 is 0 Å². The minimum Gasteiger partial charge on any atom is -0.496 e. The van der Waals surface area contributed by atoms with Gasteiger partial charge >= 0.3 is 0 Å². The minimum atomic E-state index is -0.164. The summed E-state index contributed by atoms with van der Waals surface area (Å²) in [7, 11) is 1.56. The average molecular weight is 348 g/mol. The molecule has 3 nitrogen and oxygen atoms in total. The van der Waals surface area contributed by atoms with Gasteiger partial charge in [-0.05, 0) is 42.7 Å². The Labute approximate surface area is 133 Å². The maximum atomic E-state index is 12.5. The number of aryl methyl sites for hydroxylation is 2. The molecule has 0 spiro atoms. The van der Waals surface area contributed by atoms with Crippen LogP contribution in [0.15, 0.2) is 40.9 Å². The lowest BCUT2D eigenvalue weighted by atomic mass is 10.1. The van der Waals surface area contributed by atoms with Crippen molar-refractivity contribution >= 4 is 27.5 Å². The molecule has 0 aliphatic heterocycles. The smallest absolute Gasteiger partial charge is 0.259 e. The highest BCUT2D eigenvalue weighted by Crippen LogP contribution is 2.26. The van der Waals surface area contributed by atoms with Gasteiger partial charge in [-0.1, -0.05) is 41.1 Å². The molecule has 1 amide bonds. The lowest BCUT2D eigenvalue weighted by molar-refractivity contribution is 0.102. The summed E-state index contributed by atoms with van der Waals surface area (Å²) in [5.74, 6) is 0.386. The number of hydrogen-bond acceptors (Lipinski definition) is 2. The number of rotatable bonds is 4. The van der Waals surface area contributed by atoms with Gasteiger partial charge in [0.15, 0.2) is 0 Å². The van der Waals surface area contributed by atoms with Gasteiger partial charge in [0.1, 0.15) is 5.75 Å². The zero-order valence-electron chi connectivity index (χ0n) is 12.4. The summed E-state index contributed by atoms with van der Waals surface area (Å²) in [5.41, 5.74) is 3.58. The fraction of sp³-hybridized carbons (Fsp3) is 0.235. The van der Waals surface area contributed by atoms with Gasteiger partial charge in [0.25, 0.3) is 5.91 Å². The Morgan fingerprint density at radius 3 is 2.71 bits per heavy atom. The second-order valence-corrected chi connectivity index (χ2v) is 5.68. The van der Waals surface area contributed by atoms with Crippen LogP contribution >= 0.6 is 15.9 Å². The molecule has 0 unspecified atom stereocenters. The molecule has 0 aliphatic carbocycles. The van der Waals surface area contributed by atoms with Gasteiger partial charge in [-0.2, -0.15) is 0 Å². The first kappa shape index (κ1) is 15.6. The van der Waals surface area contributed by atoms with Crippen LogP contribution in [0.3, 0.4) is 0 Å². The monoisotopic (exact) mass is 347 g/mol. The molecule has 110 valence electrons. The molecule has 0 aliphatic rings. The van der Waals surface area contributed by atoms with Gasteiger partial charge in [0, 0.05) is 10.2 Å². The van der Waals surface area contributed by atoms with Gasteiger partial charge < -0.3 is 10.1 Å². The van der Waals surface area contributed by atoms with Gasteiger partial charge in [-0.3, -0.25) is 4.79 Å². The third-order valence-electron chi connectivity index (χ3n) is 3.39. The number of nitrogens with one attached hydrogen (secondary N) is 1. The van der Waals surface area contributed by atoms with E-state index in [0.29, 0.717) is 11.3 Å². The number of carbonyl (C=O) groups excluding carboxylic acids is 1.